The van der Waals surface area contributed by atoms with E-state index in [4.69, 9.17) is 4.74 Å². The van der Waals surface area contributed by atoms with Crippen LogP contribution in [0.5, 0.6) is 11.5 Å². The number of rotatable bonds is 4. The molecule has 120 valence electrons. The molecule has 0 aromatic heterocycles. The predicted octanol–water partition coefficient (Wildman–Crippen LogP) is 3.19. The standard InChI is InChI=1S/C19H22N2O2/c1-15-13-20-19(22)11-12-21(15)14-16-7-9-18(10-8-16)23-17-5-3-2-4-6-17/h2-10,15H,11-14H2,1H3,(H,20,22)/t15-/m1/s1. The van der Waals surface area contributed by atoms with Gasteiger partial charge in [-0.3, -0.25) is 9.69 Å². The number of nitrogens with zero attached hydrogens (tertiary/aromatic N) is 1. The van der Waals surface area contributed by atoms with E-state index in [1.165, 1.54) is 5.56 Å². The number of hydrogen-bond donors (Lipinski definition) is 1. The Morgan fingerprint density at radius 3 is 2.52 bits per heavy atom. The first-order chi connectivity index (χ1) is 11.2. The summed E-state index contributed by atoms with van der Waals surface area (Å²) >= 11 is 0. The minimum atomic E-state index is 0.144. The molecule has 1 aliphatic heterocycles. The third-order valence-electron chi connectivity index (χ3n) is 4.13. The average molecular weight is 310 g/mol. The molecule has 0 radical (unpaired) electrons. The summed E-state index contributed by atoms with van der Waals surface area (Å²) in [5, 5.41) is 2.95. The monoisotopic (exact) mass is 310 g/mol. The summed E-state index contributed by atoms with van der Waals surface area (Å²) in [7, 11) is 0. The van der Waals surface area contributed by atoms with Gasteiger partial charge in [-0.15, -0.1) is 0 Å². The van der Waals surface area contributed by atoms with Crippen molar-refractivity contribution in [3.05, 3.63) is 60.2 Å². The molecule has 4 heteroatoms. The molecule has 1 aliphatic rings. The molecule has 23 heavy (non-hydrogen) atoms. The Kier molecular flexibility index (Phi) is 4.93. The number of carbonyl (C=O) groups is 1. The second kappa shape index (κ2) is 7.29. The largest absolute Gasteiger partial charge is 0.457 e. The molecule has 0 saturated carbocycles. The summed E-state index contributed by atoms with van der Waals surface area (Å²) in [5.74, 6) is 1.82. The summed E-state index contributed by atoms with van der Waals surface area (Å²) in [5.41, 5.74) is 1.23. The first-order valence-corrected chi connectivity index (χ1v) is 8.03. The van der Waals surface area contributed by atoms with Gasteiger partial charge >= 0.3 is 0 Å². The van der Waals surface area contributed by atoms with E-state index in [0.717, 1.165) is 24.6 Å². The molecule has 1 N–H and O–H groups in total. The van der Waals surface area contributed by atoms with Crippen molar-refractivity contribution in [2.75, 3.05) is 13.1 Å². The van der Waals surface area contributed by atoms with Gasteiger partial charge in [0, 0.05) is 32.1 Å². The third-order valence-corrected chi connectivity index (χ3v) is 4.13. The van der Waals surface area contributed by atoms with E-state index >= 15 is 0 Å². The van der Waals surface area contributed by atoms with Crippen LogP contribution in [0.4, 0.5) is 0 Å². The SMILES string of the molecule is C[C@@H]1CNC(=O)CCN1Cc1ccc(Oc2ccccc2)cc1. The lowest BCUT2D eigenvalue weighted by molar-refractivity contribution is -0.120. The molecule has 0 spiro atoms. The second-order valence-electron chi connectivity index (χ2n) is 5.93. The van der Waals surface area contributed by atoms with E-state index in [2.05, 4.69) is 29.3 Å². The Hall–Kier alpha value is -2.33. The van der Waals surface area contributed by atoms with Crippen molar-refractivity contribution in [3.63, 3.8) is 0 Å². The van der Waals surface area contributed by atoms with Crippen LogP contribution in [0, 0.1) is 0 Å². The first-order valence-electron chi connectivity index (χ1n) is 8.03. The van der Waals surface area contributed by atoms with Crippen LogP contribution in [-0.2, 0) is 11.3 Å². The lowest BCUT2D eigenvalue weighted by Crippen LogP contribution is -2.37. The molecule has 3 rings (SSSR count). The maximum absolute atomic E-state index is 11.5. The fraction of sp³-hybridized carbons (Fsp3) is 0.316. The summed E-state index contributed by atoms with van der Waals surface area (Å²) in [6, 6.07) is 18.3. The molecule has 1 fully saturated rings. The highest BCUT2D eigenvalue weighted by molar-refractivity contribution is 5.76. The molecule has 1 saturated heterocycles. The Bertz CT molecular complexity index is 640. The highest BCUT2D eigenvalue weighted by Gasteiger charge is 2.19. The zero-order valence-corrected chi connectivity index (χ0v) is 13.4. The fourth-order valence-corrected chi connectivity index (χ4v) is 2.70. The van der Waals surface area contributed by atoms with Crippen LogP contribution in [0.2, 0.25) is 0 Å². The number of carbonyl (C=O) groups excluding carboxylic acids is 1. The van der Waals surface area contributed by atoms with Gasteiger partial charge in [-0.05, 0) is 36.8 Å². The Morgan fingerprint density at radius 1 is 1.09 bits per heavy atom. The minimum Gasteiger partial charge on any atom is -0.457 e. The average Bonchev–Trinajstić information content (AvgIpc) is 2.73. The molecule has 0 unspecified atom stereocenters. The third kappa shape index (κ3) is 4.33. The van der Waals surface area contributed by atoms with Crippen molar-refractivity contribution < 1.29 is 9.53 Å². The fourth-order valence-electron chi connectivity index (χ4n) is 2.70. The van der Waals surface area contributed by atoms with E-state index < -0.39 is 0 Å². The lowest BCUT2D eigenvalue weighted by Gasteiger charge is -2.26. The summed E-state index contributed by atoms with van der Waals surface area (Å²) in [4.78, 5) is 13.8. The van der Waals surface area contributed by atoms with Gasteiger partial charge in [-0.1, -0.05) is 30.3 Å². The topological polar surface area (TPSA) is 41.6 Å². The van der Waals surface area contributed by atoms with Crippen molar-refractivity contribution in [1.29, 1.82) is 0 Å². The van der Waals surface area contributed by atoms with E-state index in [9.17, 15) is 4.79 Å². The quantitative estimate of drug-likeness (QED) is 0.943. The molecule has 0 bridgehead atoms. The van der Waals surface area contributed by atoms with Gasteiger partial charge < -0.3 is 10.1 Å². The molecular formula is C19H22N2O2. The number of ether oxygens (including phenoxy) is 1. The normalized spacial score (nSPS) is 19.0. The van der Waals surface area contributed by atoms with E-state index in [1.807, 2.05) is 42.5 Å². The Labute approximate surface area is 137 Å². The van der Waals surface area contributed by atoms with Gasteiger partial charge in [-0.25, -0.2) is 0 Å². The number of amides is 1. The van der Waals surface area contributed by atoms with E-state index in [-0.39, 0.29) is 5.91 Å². The van der Waals surface area contributed by atoms with Gasteiger partial charge in [0.1, 0.15) is 11.5 Å². The van der Waals surface area contributed by atoms with Crippen LogP contribution in [0.3, 0.4) is 0 Å². The zero-order chi connectivity index (χ0) is 16.1. The summed E-state index contributed by atoms with van der Waals surface area (Å²) < 4.78 is 5.81. The van der Waals surface area contributed by atoms with Gasteiger partial charge in [0.15, 0.2) is 0 Å². The van der Waals surface area contributed by atoms with Crippen LogP contribution >= 0.6 is 0 Å². The van der Waals surface area contributed by atoms with Crippen LogP contribution < -0.4 is 10.1 Å². The predicted molar refractivity (Wildman–Crippen MR) is 90.5 cm³/mol. The van der Waals surface area contributed by atoms with Gasteiger partial charge in [0.2, 0.25) is 5.91 Å². The van der Waals surface area contributed by atoms with Crippen LogP contribution in [-0.4, -0.2) is 29.9 Å². The molecule has 1 heterocycles. The molecule has 2 aromatic rings. The van der Waals surface area contributed by atoms with Crippen LogP contribution in [0.25, 0.3) is 0 Å². The highest BCUT2D eigenvalue weighted by Crippen LogP contribution is 2.22. The van der Waals surface area contributed by atoms with E-state index in [1.54, 1.807) is 0 Å². The van der Waals surface area contributed by atoms with Crippen molar-refractivity contribution in [1.82, 2.24) is 10.2 Å². The maximum Gasteiger partial charge on any atom is 0.221 e. The Balaban J connectivity index is 1.62. The summed E-state index contributed by atoms with van der Waals surface area (Å²) in [6.45, 7) is 4.52. The minimum absolute atomic E-state index is 0.144. The molecule has 2 aromatic carbocycles. The van der Waals surface area contributed by atoms with Gasteiger partial charge in [0.05, 0.1) is 0 Å². The van der Waals surface area contributed by atoms with E-state index in [0.29, 0.717) is 19.0 Å². The van der Waals surface area contributed by atoms with Gasteiger partial charge in [-0.2, -0.15) is 0 Å². The van der Waals surface area contributed by atoms with Crippen LogP contribution in [0.15, 0.2) is 54.6 Å². The number of nitrogens with one attached hydrogen (secondary N) is 1. The molecular weight excluding hydrogens is 288 g/mol. The first kappa shape index (κ1) is 15.6. The molecule has 4 nitrogen and oxygen atoms in total. The highest BCUT2D eigenvalue weighted by atomic mass is 16.5. The summed E-state index contributed by atoms with van der Waals surface area (Å²) in [6.07, 6.45) is 0.569. The maximum atomic E-state index is 11.5. The van der Waals surface area contributed by atoms with Crippen molar-refractivity contribution in [3.8, 4) is 11.5 Å². The second-order valence-corrected chi connectivity index (χ2v) is 5.93. The van der Waals surface area contributed by atoms with Gasteiger partial charge in [0.25, 0.3) is 0 Å². The van der Waals surface area contributed by atoms with Crippen molar-refractivity contribution >= 4 is 5.91 Å². The molecule has 0 aliphatic carbocycles. The van der Waals surface area contributed by atoms with Crippen molar-refractivity contribution in [2.24, 2.45) is 0 Å². The number of benzene rings is 2. The molecule has 1 amide bonds. The number of hydrogen-bond acceptors (Lipinski definition) is 3. The molecule has 1 atom stereocenters. The Morgan fingerprint density at radius 2 is 1.78 bits per heavy atom. The number of para-hydroxylation sites is 1. The zero-order valence-electron chi connectivity index (χ0n) is 13.4. The van der Waals surface area contributed by atoms with Crippen molar-refractivity contribution in [2.45, 2.75) is 25.9 Å². The lowest BCUT2D eigenvalue weighted by atomic mass is 10.1. The van der Waals surface area contributed by atoms with Crippen LogP contribution in [0.1, 0.15) is 18.9 Å². The smallest absolute Gasteiger partial charge is 0.221 e.